The van der Waals surface area contributed by atoms with Gasteiger partial charge in [-0.15, -0.1) is 0 Å². The summed E-state index contributed by atoms with van der Waals surface area (Å²) in [5.41, 5.74) is 1.85. The molecular formula is C22H22ClN3O4. The average molecular weight is 428 g/mol. The number of carbonyl (C=O) groups excluding carboxylic acids is 1. The fraction of sp³-hybridized carbons (Fsp3) is 0.227. The molecular weight excluding hydrogens is 406 g/mol. The Bertz CT molecular complexity index is 1080. The summed E-state index contributed by atoms with van der Waals surface area (Å²) in [7, 11) is 3.11. The van der Waals surface area contributed by atoms with Crippen LogP contribution in [0.5, 0.6) is 11.5 Å². The van der Waals surface area contributed by atoms with Crippen LogP contribution in [0.15, 0.2) is 59.4 Å². The monoisotopic (exact) mass is 427 g/mol. The zero-order chi connectivity index (χ0) is 21.5. The normalized spacial score (nSPS) is 10.5. The van der Waals surface area contributed by atoms with Gasteiger partial charge in [0.05, 0.1) is 19.9 Å². The highest BCUT2D eigenvalue weighted by Gasteiger charge is 2.12. The van der Waals surface area contributed by atoms with E-state index in [1.165, 1.54) is 6.07 Å². The van der Waals surface area contributed by atoms with Gasteiger partial charge in [0.15, 0.2) is 0 Å². The van der Waals surface area contributed by atoms with Gasteiger partial charge in [0, 0.05) is 23.2 Å². The third kappa shape index (κ3) is 5.39. The van der Waals surface area contributed by atoms with Crippen molar-refractivity contribution in [2.75, 3.05) is 20.8 Å². The van der Waals surface area contributed by atoms with Crippen molar-refractivity contribution in [2.45, 2.75) is 13.0 Å². The summed E-state index contributed by atoms with van der Waals surface area (Å²) in [4.78, 5) is 24.5. The van der Waals surface area contributed by atoms with Gasteiger partial charge in [-0.1, -0.05) is 23.7 Å². The molecule has 156 valence electrons. The first-order valence-electron chi connectivity index (χ1n) is 9.32. The number of nitrogens with one attached hydrogen (secondary N) is 1. The van der Waals surface area contributed by atoms with Gasteiger partial charge in [-0.05, 0) is 48.4 Å². The van der Waals surface area contributed by atoms with Crippen molar-refractivity contribution in [2.24, 2.45) is 0 Å². The van der Waals surface area contributed by atoms with Crippen LogP contribution in [0.4, 0.5) is 0 Å². The molecule has 0 saturated heterocycles. The number of ether oxygens (including phenoxy) is 2. The van der Waals surface area contributed by atoms with Gasteiger partial charge in [-0.25, -0.2) is 4.68 Å². The first-order chi connectivity index (χ1) is 14.5. The molecule has 0 fully saturated rings. The number of aromatic nitrogens is 2. The van der Waals surface area contributed by atoms with Crippen molar-refractivity contribution in [3.8, 4) is 22.8 Å². The van der Waals surface area contributed by atoms with Crippen molar-refractivity contribution < 1.29 is 14.3 Å². The number of rotatable bonds is 8. The molecule has 0 aliphatic heterocycles. The second kappa shape index (κ2) is 9.93. The maximum Gasteiger partial charge on any atom is 0.267 e. The summed E-state index contributed by atoms with van der Waals surface area (Å²) in [6, 6.07) is 15.7. The molecule has 0 atom stereocenters. The van der Waals surface area contributed by atoms with Gasteiger partial charge >= 0.3 is 0 Å². The Morgan fingerprint density at radius 1 is 1.07 bits per heavy atom. The predicted molar refractivity (Wildman–Crippen MR) is 115 cm³/mol. The number of hydrogen-bond donors (Lipinski definition) is 1. The highest BCUT2D eigenvalue weighted by molar-refractivity contribution is 6.30. The van der Waals surface area contributed by atoms with Crippen LogP contribution in [0.2, 0.25) is 5.02 Å². The highest BCUT2D eigenvalue weighted by atomic mass is 35.5. The second-order valence-electron chi connectivity index (χ2n) is 6.51. The minimum atomic E-state index is -0.367. The lowest BCUT2D eigenvalue weighted by molar-refractivity contribution is -0.121. The summed E-state index contributed by atoms with van der Waals surface area (Å²) in [6.45, 7) is 0.262. The Morgan fingerprint density at radius 2 is 1.83 bits per heavy atom. The molecule has 0 aliphatic carbocycles. The Morgan fingerprint density at radius 3 is 2.53 bits per heavy atom. The molecule has 3 aromatic rings. The number of nitrogens with zero attached hydrogens (tertiary/aromatic N) is 2. The van der Waals surface area contributed by atoms with Crippen molar-refractivity contribution in [1.82, 2.24) is 15.1 Å². The summed E-state index contributed by atoms with van der Waals surface area (Å²) >= 11 is 5.87. The van der Waals surface area contributed by atoms with Crippen molar-refractivity contribution in [3.05, 3.63) is 75.5 Å². The lowest BCUT2D eigenvalue weighted by Crippen LogP contribution is -2.34. The van der Waals surface area contributed by atoms with Gasteiger partial charge < -0.3 is 14.8 Å². The van der Waals surface area contributed by atoms with Crippen LogP contribution in [-0.2, 0) is 17.8 Å². The third-order valence-electron chi connectivity index (χ3n) is 4.49. The fourth-order valence-corrected chi connectivity index (χ4v) is 3.04. The van der Waals surface area contributed by atoms with Crippen LogP contribution in [0.3, 0.4) is 0 Å². The molecule has 2 aromatic carbocycles. The molecule has 8 heteroatoms. The molecule has 1 N–H and O–H groups in total. The smallest absolute Gasteiger partial charge is 0.267 e. The Labute approximate surface area is 179 Å². The van der Waals surface area contributed by atoms with Crippen molar-refractivity contribution in [3.63, 3.8) is 0 Å². The minimum absolute atomic E-state index is 0.181. The second-order valence-corrected chi connectivity index (χ2v) is 6.94. The van der Waals surface area contributed by atoms with Crippen LogP contribution >= 0.6 is 11.6 Å². The van der Waals surface area contributed by atoms with Crippen molar-refractivity contribution in [1.29, 1.82) is 0 Å². The molecule has 7 nitrogen and oxygen atoms in total. The summed E-state index contributed by atoms with van der Waals surface area (Å²) in [5, 5.41) is 7.81. The van der Waals surface area contributed by atoms with E-state index < -0.39 is 0 Å². The molecule has 3 rings (SSSR count). The van der Waals surface area contributed by atoms with E-state index in [1.807, 2.05) is 12.1 Å². The quantitative estimate of drug-likeness (QED) is 0.597. The Kier molecular flexibility index (Phi) is 7.08. The van der Waals surface area contributed by atoms with Crippen LogP contribution in [0.25, 0.3) is 11.3 Å². The molecule has 0 unspecified atom stereocenters. The topological polar surface area (TPSA) is 82.5 Å². The van der Waals surface area contributed by atoms with Crippen LogP contribution in [0.1, 0.15) is 5.56 Å². The van der Waals surface area contributed by atoms with E-state index in [-0.39, 0.29) is 18.0 Å². The van der Waals surface area contributed by atoms with Gasteiger partial charge in [-0.2, -0.15) is 5.10 Å². The maximum absolute atomic E-state index is 12.3. The summed E-state index contributed by atoms with van der Waals surface area (Å²) in [5.74, 6) is 0.916. The van der Waals surface area contributed by atoms with E-state index in [9.17, 15) is 9.59 Å². The zero-order valence-electron chi connectivity index (χ0n) is 16.7. The minimum Gasteiger partial charge on any atom is -0.497 e. The van der Waals surface area contributed by atoms with E-state index in [2.05, 4.69) is 10.4 Å². The molecule has 30 heavy (non-hydrogen) atoms. The first-order valence-corrected chi connectivity index (χ1v) is 9.69. The third-order valence-corrected chi connectivity index (χ3v) is 4.74. The van der Waals surface area contributed by atoms with Gasteiger partial charge in [0.25, 0.3) is 5.56 Å². The zero-order valence-corrected chi connectivity index (χ0v) is 17.5. The standard InChI is InChI=1S/C22H22ClN3O4/c1-29-17-7-9-20(30-2)18(13-17)19-8-10-22(28)26(25-19)14-21(27)24-12-11-15-3-5-16(23)6-4-15/h3-10,13H,11-12,14H2,1-2H3,(H,24,27). The van der Waals surface area contributed by atoms with Gasteiger partial charge in [0.2, 0.25) is 5.91 Å². The number of halogens is 1. The average Bonchev–Trinajstić information content (AvgIpc) is 2.76. The molecule has 1 heterocycles. The van der Waals surface area contributed by atoms with Crippen molar-refractivity contribution >= 4 is 17.5 Å². The van der Waals surface area contributed by atoms with E-state index >= 15 is 0 Å². The van der Waals surface area contributed by atoms with Crippen LogP contribution in [-0.4, -0.2) is 36.5 Å². The number of methoxy groups -OCH3 is 2. The molecule has 0 spiro atoms. The Balaban J connectivity index is 1.70. The molecule has 0 radical (unpaired) electrons. The van der Waals surface area contributed by atoms with Gasteiger partial charge in [0.1, 0.15) is 18.0 Å². The number of benzene rings is 2. The maximum atomic E-state index is 12.3. The van der Waals surface area contributed by atoms with E-state index in [0.29, 0.717) is 40.7 Å². The predicted octanol–water partition coefficient (Wildman–Crippen LogP) is 2.94. The molecule has 1 amide bonds. The number of hydrogen-bond acceptors (Lipinski definition) is 5. The molecule has 0 saturated carbocycles. The SMILES string of the molecule is COc1ccc(OC)c(-c2ccc(=O)n(CC(=O)NCCc3ccc(Cl)cc3)n2)c1. The van der Waals surface area contributed by atoms with Crippen LogP contribution in [0, 0.1) is 0 Å². The van der Waals surface area contributed by atoms with E-state index in [4.69, 9.17) is 21.1 Å². The largest absolute Gasteiger partial charge is 0.497 e. The van der Waals surface area contributed by atoms with E-state index in [0.717, 1.165) is 10.2 Å². The lowest BCUT2D eigenvalue weighted by Gasteiger charge is -2.12. The summed E-state index contributed by atoms with van der Waals surface area (Å²) in [6.07, 6.45) is 0.659. The molecule has 0 aliphatic rings. The Hall–Kier alpha value is -3.32. The van der Waals surface area contributed by atoms with Gasteiger partial charge in [-0.3, -0.25) is 9.59 Å². The first kappa shape index (κ1) is 21.4. The lowest BCUT2D eigenvalue weighted by atomic mass is 10.1. The summed E-state index contributed by atoms with van der Waals surface area (Å²) < 4.78 is 11.8. The number of amides is 1. The highest BCUT2D eigenvalue weighted by Crippen LogP contribution is 2.31. The van der Waals surface area contributed by atoms with E-state index in [1.54, 1.807) is 50.6 Å². The van der Waals surface area contributed by atoms with Crippen LogP contribution < -0.4 is 20.3 Å². The molecule has 0 bridgehead atoms. The fourth-order valence-electron chi connectivity index (χ4n) is 2.91. The number of carbonyl (C=O) groups is 1. The molecule has 1 aromatic heterocycles.